The fraction of sp³-hybridized carbons (Fsp3) is 0.474. The number of hydrogen-bond donors (Lipinski definition) is 1. The van der Waals surface area contributed by atoms with Crippen molar-refractivity contribution >= 4 is 15.9 Å². The van der Waals surface area contributed by atoms with Crippen LogP contribution < -0.4 is 5.32 Å². The van der Waals surface area contributed by atoms with Crippen LogP contribution in [0.15, 0.2) is 33.7 Å². The molecule has 2 heterocycles. The standard InChI is InChI=1S/C19H26N4O4S/c1-14-4-6-17(7-5-14)12-20-18(24)13-22-8-10-23(11-9-22)28(25,26)19-15(2)21-27-16(19)3/h4-7H,8-13H2,1-3H3,(H,20,24). The summed E-state index contributed by atoms with van der Waals surface area (Å²) in [5.74, 6) is 0.234. The van der Waals surface area contributed by atoms with Gasteiger partial charge in [0.2, 0.25) is 15.9 Å². The average Bonchev–Trinajstić information content (AvgIpc) is 3.01. The largest absolute Gasteiger partial charge is 0.360 e. The van der Waals surface area contributed by atoms with Gasteiger partial charge in [-0.1, -0.05) is 35.0 Å². The Morgan fingerprint density at radius 2 is 1.75 bits per heavy atom. The first-order chi connectivity index (χ1) is 13.3. The summed E-state index contributed by atoms with van der Waals surface area (Å²) in [6, 6.07) is 8.02. The van der Waals surface area contributed by atoms with Gasteiger partial charge in [0.05, 0.1) is 6.54 Å². The van der Waals surface area contributed by atoms with Gasteiger partial charge in [0.1, 0.15) is 10.6 Å². The number of nitrogens with zero attached hydrogens (tertiary/aromatic N) is 3. The third-order valence-electron chi connectivity index (χ3n) is 4.87. The Morgan fingerprint density at radius 3 is 2.32 bits per heavy atom. The second-order valence-corrected chi connectivity index (χ2v) is 8.97. The molecule has 2 aromatic rings. The quantitative estimate of drug-likeness (QED) is 0.775. The summed E-state index contributed by atoms with van der Waals surface area (Å²) in [4.78, 5) is 14.3. The second kappa shape index (κ2) is 8.42. The van der Waals surface area contributed by atoms with Gasteiger partial charge < -0.3 is 9.84 Å². The van der Waals surface area contributed by atoms with E-state index in [1.54, 1.807) is 13.8 Å². The molecular weight excluding hydrogens is 380 g/mol. The van der Waals surface area contributed by atoms with Crippen molar-refractivity contribution < 1.29 is 17.7 Å². The zero-order valence-electron chi connectivity index (χ0n) is 16.4. The lowest BCUT2D eigenvalue weighted by Gasteiger charge is -2.33. The second-order valence-electron chi connectivity index (χ2n) is 7.10. The third-order valence-corrected chi connectivity index (χ3v) is 7.02. The Kier molecular flexibility index (Phi) is 6.17. The molecule has 0 saturated carbocycles. The maximum Gasteiger partial charge on any atom is 0.248 e. The fourth-order valence-corrected chi connectivity index (χ4v) is 4.98. The Morgan fingerprint density at radius 1 is 1.11 bits per heavy atom. The molecule has 0 aliphatic carbocycles. The number of carbonyl (C=O) groups excluding carboxylic acids is 1. The molecular formula is C19H26N4O4S. The number of amides is 1. The van der Waals surface area contributed by atoms with Crippen molar-refractivity contribution in [3.8, 4) is 0 Å². The van der Waals surface area contributed by atoms with Crippen LogP contribution in [-0.2, 0) is 21.4 Å². The molecule has 28 heavy (non-hydrogen) atoms. The van der Waals surface area contributed by atoms with Crippen molar-refractivity contribution in [3.63, 3.8) is 0 Å². The Labute approximate surface area is 165 Å². The van der Waals surface area contributed by atoms with Crippen molar-refractivity contribution in [2.24, 2.45) is 0 Å². The van der Waals surface area contributed by atoms with Gasteiger partial charge in [-0.15, -0.1) is 0 Å². The Hall–Kier alpha value is -2.23. The number of benzene rings is 1. The van der Waals surface area contributed by atoms with Crippen LogP contribution in [0.25, 0.3) is 0 Å². The highest BCUT2D eigenvalue weighted by Crippen LogP contribution is 2.24. The summed E-state index contributed by atoms with van der Waals surface area (Å²) in [5.41, 5.74) is 2.60. The lowest BCUT2D eigenvalue weighted by molar-refractivity contribution is -0.122. The number of hydrogen-bond acceptors (Lipinski definition) is 6. The van der Waals surface area contributed by atoms with Crippen LogP contribution in [0.1, 0.15) is 22.6 Å². The van der Waals surface area contributed by atoms with Crippen LogP contribution in [0.2, 0.25) is 0 Å². The minimum Gasteiger partial charge on any atom is -0.360 e. The van der Waals surface area contributed by atoms with Crippen LogP contribution >= 0.6 is 0 Å². The van der Waals surface area contributed by atoms with Gasteiger partial charge in [0.25, 0.3) is 0 Å². The normalized spacial score (nSPS) is 16.2. The van der Waals surface area contributed by atoms with Crippen LogP contribution in [0.4, 0.5) is 0 Å². The Bertz CT molecular complexity index is 910. The Balaban J connectivity index is 1.50. The lowest BCUT2D eigenvalue weighted by atomic mass is 10.1. The maximum atomic E-state index is 12.8. The average molecular weight is 407 g/mol. The summed E-state index contributed by atoms with van der Waals surface area (Å²) in [5, 5.41) is 6.65. The first-order valence-electron chi connectivity index (χ1n) is 9.25. The number of piperazine rings is 1. The molecule has 1 amide bonds. The molecule has 1 aliphatic rings. The molecule has 1 fully saturated rings. The summed E-state index contributed by atoms with van der Waals surface area (Å²) in [6.45, 7) is 7.65. The van der Waals surface area contributed by atoms with Gasteiger partial charge in [-0.2, -0.15) is 4.31 Å². The molecule has 3 rings (SSSR count). The van der Waals surface area contributed by atoms with Gasteiger partial charge in [0, 0.05) is 32.7 Å². The number of rotatable bonds is 6. The summed E-state index contributed by atoms with van der Waals surface area (Å²) >= 11 is 0. The van der Waals surface area contributed by atoms with Gasteiger partial charge in [-0.3, -0.25) is 9.69 Å². The van der Waals surface area contributed by atoms with E-state index in [2.05, 4.69) is 10.5 Å². The topological polar surface area (TPSA) is 95.8 Å². The minimum atomic E-state index is -3.63. The highest BCUT2D eigenvalue weighted by Gasteiger charge is 2.33. The molecule has 1 aromatic carbocycles. The third kappa shape index (κ3) is 4.60. The molecule has 0 bridgehead atoms. The van der Waals surface area contributed by atoms with E-state index in [1.807, 2.05) is 36.1 Å². The lowest BCUT2D eigenvalue weighted by Crippen LogP contribution is -2.51. The summed E-state index contributed by atoms with van der Waals surface area (Å²) in [6.07, 6.45) is 0. The number of aryl methyl sites for hydroxylation is 3. The molecule has 1 saturated heterocycles. The van der Waals surface area contributed by atoms with E-state index >= 15 is 0 Å². The zero-order chi connectivity index (χ0) is 20.3. The highest BCUT2D eigenvalue weighted by atomic mass is 32.2. The zero-order valence-corrected chi connectivity index (χ0v) is 17.3. The number of nitrogens with one attached hydrogen (secondary N) is 1. The molecule has 0 unspecified atom stereocenters. The SMILES string of the molecule is Cc1ccc(CNC(=O)CN2CCN(S(=O)(=O)c3c(C)noc3C)CC2)cc1. The van der Waals surface area contributed by atoms with E-state index in [0.29, 0.717) is 44.2 Å². The van der Waals surface area contributed by atoms with E-state index < -0.39 is 10.0 Å². The molecule has 0 radical (unpaired) electrons. The van der Waals surface area contributed by atoms with Crippen LogP contribution in [0.5, 0.6) is 0 Å². The van der Waals surface area contributed by atoms with Gasteiger partial charge in [0.15, 0.2) is 5.76 Å². The van der Waals surface area contributed by atoms with Crippen molar-refractivity contribution in [1.29, 1.82) is 0 Å². The molecule has 1 aliphatic heterocycles. The molecule has 9 heteroatoms. The van der Waals surface area contributed by atoms with Gasteiger partial charge >= 0.3 is 0 Å². The number of sulfonamides is 1. The van der Waals surface area contributed by atoms with E-state index in [9.17, 15) is 13.2 Å². The van der Waals surface area contributed by atoms with Crippen molar-refractivity contribution in [2.45, 2.75) is 32.2 Å². The van der Waals surface area contributed by atoms with Crippen molar-refractivity contribution in [3.05, 3.63) is 46.8 Å². The molecule has 0 atom stereocenters. The molecule has 152 valence electrons. The predicted octanol–water partition coefficient (Wildman–Crippen LogP) is 1.22. The predicted molar refractivity (Wildman–Crippen MR) is 104 cm³/mol. The fourth-order valence-electron chi connectivity index (χ4n) is 3.27. The number of carbonyl (C=O) groups is 1. The summed E-state index contributed by atoms with van der Waals surface area (Å²) < 4.78 is 32.1. The van der Waals surface area contributed by atoms with E-state index in [-0.39, 0.29) is 17.3 Å². The van der Waals surface area contributed by atoms with Gasteiger partial charge in [-0.05, 0) is 26.3 Å². The maximum absolute atomic E-state index is 12.8. The monoisotopic (exact) mass is 406 g/mol. The number of aromatic nitrogens is 1. The highest BCUT2D eigenvalue weighted by molar-refractivity contribution is 7.89. The smallest absolute Gasteiger partial charge is 0.248 e. The van der Waals surface area contributed by atoms with Crippen molar-refractivity contribution in [1.82, 2.24) is 19.7 Å². The van der Waals surface area contributed by atoms with Crippen molar-refractivity contribution in [2.75, 3.05) is 32.7 Å². The van der Waals surface area contributed by atoms with E-state index in [0.717, 1.165) is 5.56 Å². The molecule has 1 N–H and O–H groups in total. The van der Waals surface area contributed by atoms with Crippen LogP contribution in [-0.4, -0.2) is 61.4 Å². The van der Waals surface area contributed by atoms with E-state index in [4.69, 9.17) is 4.52 Å². The first-order valence-corrected chi connectivity index (χ1v) is 10.7. The van der Waals surface area contributed by atoms with E-state index in [1.165, 1.54) is 9.87 Å². The molecule has 1 aromatic heterocycles. The minimum absolute atomic E-state index is 0.0670. The summed E-state index contributed by atoms with van der Waals surface area (Å²) in [7, 11) is -3.63. The molecule has 8 nitrogen and oxygen atoms in total. The van der Waals surface area contributed by atoms with Gasteiger partial charge in [-0.25, -0.2) is 8.42 Å². The molecule has 0 spiro atoms. The van der Waals surface area contributed by atoms with Crippen LogP contribution in [0, 0.1) is 20.8 Å². The first kappa shape index (κ1) is 20.5. The van der Waals surface area contributed by atoms with Crippen LogP contribution in [0.3, 0.4) is 0 Å².